The van der Waals surface area contributed by atoms with Gasteiger partial charge in [-0.15, -0.1) is 0 Å². The molecule has 0 aromatic carbocycles. The molecule has 0 heterocycles. The number of carbonyl (C=O) groups is 2. The number of nitrogens with two attached hydrogens (primary N) is 1. The second-order valence-electron chi connectivity index (χ2n) is 1.09. The molecule has 0 unspecified atom stereocenters. The molecule has 0 saturated carbocycles. The molecular weight excluding hydrogens is 128 g/mol. The van der Waals surface area contributed by atoms with E-state index in [-0.39, 0.29) is 0 Å². The fraction of sp³-hybridized carbons (Fsp3) is 0. The summed E-state index contributed by atoms with van der Waals surface area (Å²) in [5.74, 6) is 1.10. The summed E-state index contributed by atoms with van der Waals surface area (Å²) in [6.45, 7) is 0. The van der Waals surface area contributed by atoms with Gasteiger partial charge >= 0.3 is 11.9 Å². The van der Waals surface area contributed by atoms with Gasteiger partial charge in [0, 0.05) is 0 Å². The molecule has 4 N–H and O–H groups in total. The Balaban J connectivity index is 4.38. The molecule has 0 aliphatic rings. The fourth-order valence-electron chi connectivity index (χ4n) is 0.202. The Hall–Kier alpha value is -1.59. The number of aliphatic carboxylic acids is 2. The van der Waals surface area contributed by atoms with Crippen molar-refractivity contribution in [2.75, 3.05) is 0 Å². The Labute approximate surface area is 49.6 Å². The van der Waals surface area contributed by atoms with Gasteiger partial charge in [-0.25, -0.2) is 9.59 Å². The molecule has 0 aliphatic carbocycles. The van der Waals surface area contributed by atoms with E-state index in [0.717, 1.165) is 0 Å². The van der Waals surface area contributed by atoms with E-state index in [4.69, 9.17) is 10.2 Å². The maximum Gasteiger partial charge on any atom is 0.363 e. The number of hydrazone groups is 1. The van der Waals surface area contributed by atoms with Gasteiger partial charge in [0.15, 0.2) is 0 Å². The van der Waals surface area contributed by atoms with E-state index in [0.29, 0.717) is 0 Å². The second-order valence-corrected chi connectivity index (χ2v) is 1.09. The van der Waals surface area contributed by atoms with Crippen LogP contribution in [0.5, 0.6) is 0 Å². The van der Waals surface area contributed by atoms with Crippen LogP contribution >= 0.6 is 0 Å². The zero-order valence-electron chi connectivity index (χ0n) is 4.24. The number of carboxylic acid groups (broad SMARTS) is 2. The zero-order valence-corrected chi connectivity index (χ0v) is 4.24. The zero-order chi connectivity index (χ0) is 7.44. The predicted molar refractivity (Wildman–Crippen MR) is 26.9 cm³/mol. The van der Waals surface area contributed by atoms with E-state index >= 15 is 0 Å². The fourth-order valence-corrected chi connectivity index (χ4v) is 0.202. The highest BCUT2D eigenvalue weighted by atomic mass is 16.4. The minimum atomic E-state index is -1.65. The maximum atomic E-state index is 9.78. The number of rotatable bonds is 2. The van der Waals surface area contributed by atoms with E-state index in [1.165, 1.54) is 0 Å². The molecule has 6 heteroatoms. The third kappa shape index (κ3) is 1.76. The van der Waals surface area contributed by atoms with Crippen LogP contribution in [0.4, 0.5) is 0 Å². The molecule has 50 valence electrons. The van der Waals surface area contributed by atoms with Gasteiger partial charge in [-0.2, -0.15) is 5.10 Å². The Morgan fingerprint density at radius 2 is 1.56 bits per heavy atom. The Bertz CT molecular complexity index is 157. The van der Waals surface area contributed by atoms with Gasteiger partial charge in [0.25, 0.3) is 5.71 Å². The summed E-state index contributed by atoms with van der Waals surface area (Å²) in [5, 5.41) is 18.4. The lowest BCUT2D eigenvalue weighted by Gasteiger charge is -1.87. The first-order valence-electron chi connectivity index (χ1n) is 1.84. The van der Waals surface area contributed by atoms with Crippen LogP contribution in [-0.4, -0.2) is 27.9 Å². The van der Waals surface area contributed by atoms with Gasteiger partial charge in [-0.1, -0.05) is 0 Å². The third-order valence-corrected chi connectivity index (χ3v) is 0.534. The first kappa shape index (κ1) is 7.41. The van der Waals surface area contributed by atoms with E-state index in [1.54, 1.807) is 0 Å². The summed E-state index contributed by atoms with van der Waals surface area (Å²) in [6.07, 6.45) is 0. The van der Waals surface area contributed by atoms with Crippen LogP contribution < -0.4 is 5.84 Å². The van der Waals surface area contributed by atoms with Gasteiger partial charge in [0.1, 0.15) is 0 Å². The van der Waals surface area contributed by atoms with Crippen molar-refractivity contribution in [3.63, 3.8) is 0 Å². The molecule has 0 aromatic heterocycles. The van der Waals surface area contributed by atoms with Crippen LogP contribution in [0.25, 0.3) is 0 Å². The van der Waals surface area contributed by atoms with Gasteiger partial charge in [-0.3, -0.25) is 0 Å². The summed E-state index contributed by atoms with van der Waals surface area (Å²) in [7, 11) is 0. The molecule has 0 bridgehead atoms. The van der Waals surface area contributed by atoms with Crippen molar-refractivity contribution in [3.05, 3.63) is 0 Å². The summed E-state index contributed by atoms with van der Waals surface area (Å²) in [5.41, 5.74) is -1.07. The second kappa shape index (κ2) is 2.65. The summed E-state index contributed by atoms with van der Waals surface area (Å²) in [4.78, 5) is 19.6. The number of carboxylic acids is 2. The molecule has 0 radical (unpaired) electrons. The van der Waals surface area contributed by atoms with Crippen molar-refractivity contribution >= 4 is 17.7 Å². The average molecular weight is 132 g/mol. The molecule has 0 atom stereocenters. The third-order valence-electron chi connectivity index (χ3n) is 0.534. The molecule has 0 saturated heterocycles. The van der Waals surface area contributed by atoms with Crippen LogP contribution in [0, 0.1) is 0 Å². The molecule has 0 rings (SSSR count). The smallest absolute Gasteiger partial charge is 0.363 e. The number of hydrogen-bond acceptors (Lipinski definition) is 4. The number of hydrogen-bond donors (Lipinski definition) is 3. The van der Waals surface area contributed by atoms with Gasteiger partial charge in [0.2, 0.25) is 0 Å². The van der Waals surface area contributed by atoms with Gasteiger partial charge in [-0.05, 0) is 0 Å². The lowest BCUT2D eigenvalue weighted by molar-refractivity contribution is -0.134. The van der Waals surface area contributed by atoms with Crippen LogP contribution in [-0.2, 0) is 9.59 Å². The topological polar surface area (TPSA) is 113 Å². The highest BCUT2D eigenvalue weighted by molar-refractivity contribution is 6.61. The van der Waals surface area contributed by atoms with Crippen molar-refractivity contribution in [2.45, 2.75) is 0 Å². The van der Waals surface area contributed by atoms with E-state index < -0.39 is 17.7 Å². The largest absolute Gasteiger partial charge is 0.476 e. The average Bonchev–Trinajstić information content (AvgIpc) is 1.64. The highest BCUT2D eigenvalue weighted by Gasteiger charge is 2.17. The van der Waals surface area contributed by atoms with E-state index in [9.17, 15) is 9.59 Å². The van der Waals surface area contributed by atoms with E-state index in [1.807, 2.05) is 0 Å². The monoisotopic (exact) mass is 132 g/mol. The minimum absolute atomic E-state index is 1.07. The SMILES string of the molecule is NN=C(C(=O)O)C(=O)O. The number of nitrogens with zero attached hydrogens (tertiary/aromatic N) is 1. The van der Waals surface area contributed by atoms with Gasteiger partial charge < -0.3 is 16.1 Å². The standard InChI is InChI=1S/C3H4N2O4/c4-5-1(2(6)7)3(8)9/h4H2,(H,6,7)(H,8,9). The summed E-state index contributed by atoms with van der Waals surface area (Å²) >= 11 is 0. The molecule has 9 heavy (non-hydrogen) atoms. The van der Waals surface area contributed by atoms with Crippen molar-refractivity contribution in [1.82, 2.24) is 0 Å². The van der Waals surface area contributed by atoms with Crippen LogP contribution in [0.3, 0.4) is 0 Å². The van der Waals surface area contributed by atoms with Crippen molar-refractivity contribution in [1.29, 1.82) is 0 Å². The molecule has 0 aromatic rings. The van der Waals surface area contributed by atoms with Crippen molar-refractivity contribution in [2.24, 2.45) is 10.9 Å². The summed E-state index contributed by atoms with van der Waals surface area (Å²) < 4.78 is 0. The molecule has 6 nitrogen and oxygen atoms in total. The lowest BCUT2D eigenvalue weighted by atomic mass is 10.4. The van der Waals surface area contributed by atoms with Crippen molar-refractivity contribution in [3.8, 4) is 0 Å². The minimum Gasteiger partial charge on any atom is -0.476 e. The molecule has 0 fully saturated rings. The molecular formula is C3H4N2O4. The van der Waals surface area contributed by atoms with Gasteiger partial charge in [0.05, 0.1) is 0 Å². The quantitative estimate of drug-likeness (QED) is 0.182. The Morgan fingerprint density at radius 3 is 1.56 bits per heavy atom. The first-order chi connectivity index (χ1) is 4.09. The highest BCUT2D eigenvalue weighted by Crippen LogP contribution is 1.74. The Kier molecular flexibility index (Phi) is 2.18. The molecule has 0 aliphatic heterocycles. The van der Waals surface area contributed by atoms with Crippen LogP contribution in [0.15, 0.2) is 5.10 Å². The summed E-state index contributed by atoms with van der Waals surface area (Å²) in [6, 6.07) is 0. The predicted octanol–water partition coefficient (Wildman–Crippen LogP) is -1.53. The van der Waals surface area contributed by atoms with E-state index in [2.05, 4.69) is 10.9 Å². The Morgan fingerprint density at radius 1 is 1.22 bits per heavy atom. The normalized spacial score (nSPS) is 8.00. The molecule has 0 spiro atoms. The maximum absolute atomic E-state index is 9.78. The lowest BCUT2D eigenvalue weighted by Crippen LogP contribution is -2.24. The van der Waals surface area contributed by atoms with Crippen molar-refractivity contribution < 1.29 is 19.8 Å². The first-order valence-corrected chi connectivity index (χ1v) is 1.84. The molecule has 0 amide bonds. The van der Waals surface area contributed by atoms with Crippen LogP contribution in [0.2, 0.25) is 0 Å². The van der Waals surface area contributed by atoms with Crippen LogP contribution in [0.1, 0.15) is 0 Å².